The summed E-state index contributed by atoms with van der Waals surface area (Å²) in [6, 6.07) is 32.9. The molecule has 256 valence electrons. The zero-order valence-electron chi connectivity index (χ0n) is 28.2. The van der Waals surface area contributed by atoms with Gasteiger partial charge in [0, 0.05) is 12.1 Å². The minimum Gasteiger partial charge on any atom is -0.495 e. The van der Waals surface area contributed by atoms with Crippen LogP contribution >= 0.6 is 0 Å². The average Bonchev–Trinajstić information content (AvgIpc) is 3.54. The molecule has 0 radical (unpaired) electrons. The molecule has 3 amide bonds. The molecule has 10 nitrogen and oxygen atoms in total. The van der Waals surface area contributed by atoms with Crippen LogP contribution in [-0.2, 0) is 16.0 Å². The molecule has 0 saturated carbocycles. The molecular formula is C40H39N3O7. The molecule has 10 heteroatoms. The molecule has 0 aromatic heterocycles. The van der Waals surface area contributed by atoms with Gasteiger partial charge in [-0.05, 0) is 83.4 Å². The van der Waals surface area contributed by atoms with Crippen molar-refractivity contribution in [3.8, 4) is 17.2 Å². The quantitative estimate of drug-likeness (QED) is 0.142. The molecule has 1 fully saturated rings. The number of amides is 3. The maximum absolute atomic E-state index is 13.9. The standard InChI is InChI=1S/C40H39N3O7/c1-26-8-4-7-11-35(26)41-40(46)42-36-19-12-27(20-37(36)47-2)21-38(44)43-24-34(50-33-18-13-28-9-5-6-10-30(28)22-33)23-31(43)25-49-32-16-14-29(15-17-32)39(45)48-3/h4-20,22,31,34H,21,23-25H2,1-3H3,(H2,41,42,46)/t31-,34-/m0/s1. The van der Waals surface area contributed by atoms with Gasteiger partial charge in [-0.15, -0.1) is 0 Å². The fraction of sp³-hybridized carbons (Fsp3) is 0.225. The number of likely N-dealkylation sites (tertiary alicyclic amines) is 1. The van der Waals surface area contributed by atoms with Crippen molar-refractivity contribution in [1.82, 2.24) is 4.90 Å². The zero-order valence-corrected chi connectivity index (χ0v) is 28.2. The summed E-state index contributed by atoms with van der Waals surface area (Å²) in [5.41, 5.74) is 3.27. The Balaban J connectivity index is 1.15. The van der Waals surface area contributed by atoms with Crippen LogP contribution in [0.25, 0.3) is 10.8 Å². The number of anilines is 2. The highest BCUT2D eigenvalue weighted by atomic mass is 16.5. The van der Waals surface area contributed by atoms with Crippen LogP contribution in [0.15, 0.2) is 109 Å². The fourth-order valence-corrected chi connectivity index (χ4v) is 6.07. The number of ether oxygens (including phenoxy) is 4. The van der Waals surface area contributed by atoms with Crippen molar-refractivity contribution in [2.75, 3.05) is 38.0 Å². The molecule has 50 heavy (non-hydrogen) atoms. The van der Waals surface area contributed by atoms with Gasteiger partial charge >= 0.3 is 12.0 Å². The molecule has 1 heterocycles. The van der Waals surface area contributed by atoms with E-state index in [4.69, 9.17) is 18.9 Å². The number of methoxy groups -OCH3 is 2. The molecule has 1 saturated heterocycles. The van der Waals surface area contributed by atoms with E-state index in [2.05, 4.69) is 16.7 Å². The Kier molecular flexibility index (Phi) is 10.5. The largest absolute Gasteiger partial charge is 0.495 e. The van der Waals surface area contributed by atoms with E-state index >= 15 is 0 Å². The van der Waals surface area contributed by atoms with Gasteiger partial charge in [-0.25, -0.2) is 9.59 Å². The summed E-state index contributed by atoms with van der Waals surface area (Å²) >= 11 is 0. The van der Waals surface area contributed by atoms with Crippen molar-refractivity contribution in [3.05, 3.63) is 126 Å². The van der Waals surface area contributed by atoms with E-state index in [9.17, 15) is 14.4 Å². The third-order valence-electron chi connectivity index (χ3n) is 8.70. The van der Waals surface area contributed by atoms with Crippen molar-refractivity contribution in [3.63, 3.8) is 0 Å². The summed E-state index contributed by atoms with van der Waals surface area (Å²) in [6.07, 6.45) is 0.434. The van der Waals surface area contributed by atoms with E-state index in [-0.39, 0.29) is 31.1 Å². The Morgan fingerprint density at radius 2 is 1.50 bits per heavy atom. The molecule has 1 aliphatic heterocycles. The van der Waals surface area contributed by atoms with E-state index < -0.39 is 12.0 Å². The smallest absolute Gasteiger partial charge is 0.337 e. The minimum atomic E-state index is -0.427. The van der Waals surface area contributed by atoms with Crippen molar-refractivity contribution in [2.24, 2.45) is 0 Å². The first kappa shape index (κ1) is 33.9. The minimum absolute atomic E-state index is 0.0932. The van der Waals surface area contributed by atoms with E-state index in [1.165, 1.54) is 14.2 Å². The van der Waals surface area contributed by atoms with Gasteiger partial charge in [-0.2, -0.15) is 0 Å². The predicted octanol–water partition coefficient (Wildman–Crippen LogP) is 7.26. The van der Waals surface area contributed by atoms with Crippen molar-refractivity contribution < 1.29 is 33.3 Å². The molecule has 0 unspecified atom stereocenters. The maximum atomic E-state index is 13.9. The van der Waals surface area contributed by atoms with Crippen LogP contribution in [0.5, 0.6) is 17.2 Å². The Labute approximate surface area is 290 Å². The van der Waals surface area contributed by atoms with Gasteiger partial charge < -0.3 is 34.5 Å². The van der Waals surface area contributed by atoms with Gasteiger partial charge in [0.1, 0.15) is 30.0 Å². The molecule has 1 aliphatic rings. The molecule has 0 aliphatic carbocycles. The Morgan fingerprint density at radius 3 is 2.26 bits per heavy atom. The molecule has 2 atom stereocenters. The fourth-order valence-electron chi connectivity index (χ4n) is 6.07. The van der Waals surface area contributed by atoms with Crippen LogP contribution in [0.3, 0.4) is 0 Å². The highest BCUT2D eigenvalue weighted by Gasteiger charge is 2.37. The monoisotopic (exact) mass is 673 g/mol. The van der Waals surface area contributed by atoms with Crippen LogP contribution in [0.4, 0.5) is 16.2 Å². The average molecular weight is 674 g/mol. The lowest BCUT2D eigenvalue weighted by atomic mass is 10.1. The number of nitrogens with one attached hydrogen (secondary N) is 2. The summed E-state index contributed by atoms with van der Waals surface area (Å²) in [6.45, 7) is 2.54. The highest BCUT2D eigenvalue weighted by Crippen LogP contribution is 2.30. The second-order valence-corrected chi connectivity index (χ2v) is 12.1. The number of hydrogen-bond acceptors (Lipinski definition) is 7. The van der Waals surface area contributed by atoms with E-state index in [0.29, 0.717) is 41.4 Å². The third-order valence-corrected chi connectivity index (χ3v) is 8.70. The Bertz CT molecular complexity index is 2000. The predicted molar refractivity (Wildman–Crippen MR) is 192 cm³/mol. The molecule has 5 aromatic rings. The summed E-state index contributed by atoms with van der Waals surface area (Å²) in [5.74, 6) is 1.22. The number of aryl methyl sites for hydroxylation is 1. The first-order valence-corrected chi connectivity index (χ1v) is 16.4. The molecule has 6 rings (SSSR count). The van der Waals surface area contributed by atoms with Crippen LogP contribution in [0, 0.1) is 6.92 Å². The van der Waals surface area contributed by atoms with E-state index in [1.54, 1.807) is 42.5 Å². The molecule has 2 N–H and O–H groups in total. The maximum Gasteiger partial charge on any atom is 0.337 e. The molecule has 5 aromatic carbocycles. The number of carbonyl (C=O) groups is 3. The normalized spacial score (nSPS) is 15.3. The van der Waals surface area contributed by atoms with Gasteiger partial charge in [-0.1, -0.05) is 54.6 Å². The number of rotatable bonds is 11. The lowest BCUT2D eigenvalue weighted by Gasteiger charge is -2.25. The molecule has 0 bridgehead atoms. The van der Waals surface area contributed by atoms with Crippen molar-refractivity contribution in [1.29, 1.82) is 0 Å². The first-order valence-electron chi connectivity index (χ1n) is 16.4. The first-order chi connectivity index (χ1) is 24.3. The number of carbonyl (C=O) groups excluding carboxylic acids is 3. The van der Waals surface area contributed by atoms with Gasteiger partial charge in [0.05, 0.1) is 44.5 Å². The van der Waals surface area contributed by atoms with Crippen LogP contribution in [0.1, 0.15) is 27.9 Å². The summed E-state index contributed by atoms with van der Waals surface area (Å²) in [7, 11) is 2.86. The van der Waals surface area contributed by atoms with Crippen LogP contribution in [-0.4, -0.2) is 62.3 Å². The van der Waals surface area contributed by atoms with Crippen molar-refractivity contribution >= 4 is 40.1 Å². The number of nitrogens with zero attached hydrogens (tertiary/aromatic N) is 1. The number of urea groups is 1. The van der Waals surface area contributed by atoms with Crippen LogP contribution < -0.4 is 24.8 Å². The SMILES string of the molecule is COC(=O)c1ccc(OC[C@@H]2C[C@H](Oc3ccc4ccccc4c3)CN2C(=O)Cc2ccc(NC(=O)Nc3ccccc3C)c(OC)c2)cc1. The number of benzene rings is 5. The topological polar surface area (TPSA) is 115 Å². The molecular weight excluding hydrogens is 634 g/mol. The van der Waals surface area contributed by atoms with Gasteiger partial charge in [0.15, 0.2) is 0 Å². The lowest BCUT2D eigenvalue weighted by Crippen LogP contribution is -2.40. The Morgan fingerprint density at radius 1 is 0.780 bits per heavy atom. The Hall–Kier alpha value is -6.03. The summed E-state index contributed by atoms with van der Waals surface area (Å²) < 4.78 is 22.9. The highest BCUT2D eigenvalue weighted by molar-refractivity contribution is 6.01. The van der Waals surface area contributed by atoms with E-state index in [0.717, 1.165) is 27.6 Å². The molecule has 0 spiro atoms. The van der Waals surface area contributed by atoms with Gasteiger partial charge in [0.2, 0.25) is 5.91 Å². The lowest BCUT2D eigenvalue weighted by molar-refractivity contribution is -0.132. The second-order valence-electron chi connectivity index (χ2n) is 12.1. The third kappa shape index (κ3) is 8.15. The summed E-state index contributed by atoms with van der Waals surface area (Å²) in [5, 5.41) is 7.88. The van der Waals surface area contributed by atoms with Gasteiger partial charge in [-0.3, -0.25) is 4.79 Å². The number of para-hydroxylation sites is 1. The number of esters is 1. The van der Waals surface area contributed by atoms with Gasteiger partial charge in [0.25, 0.3) is 0 Å². The van der Waals surface area contributed by atoms with Crippen LogP contribution in [0.2, 0.25) is 0 Å². The van der Waals surface area contributed by atoms with Crippen molar-refractivity contribution in [2.45, 2.75) is 31.9 Å². The number of hydrogen-bond donors (Lipinski definition) is 2. The zero-order chi connectivity index (χ0) is 35.0. The number of fused-ring (bicyclic) bond motifs is 1. The van der Waals surface area contributed by atoms with E-state index in [1.807, 2.05) is 72.5 Å². The summed E-state index contributed by atoms with van der Waals surface area (Å²) in [4.78, 5) is 40.3. The second kappa shape index (κ2) is 15.5.